The first-order valence-electron chi connectivity index (χ1n) is 6.24. The van der Waals surface area contributed by atoms with Crippen molar-refractivity contribution in [3.63, 3.8) is 0 Å². The van der Waals surface area contributed by atoms with Gasteiger partial charge in [0.2, 0.25) is 5.91 Å². The topological polar surface area (TPSA) is 87.7 Å². The predicted octanol–water partition coefficient (Wildman–Crippen LogP) is 1.96. The first kappa shape index (κ1) is 15.5. The summed E-state index contributed by atoms with van der Waals surface area (Å²) in [7, 11) is 0. The normalized spacial score (nSPS) is 16.7. The number of nitrogens with zero attached hydrogens (tertiary/aromatic N) is 1. The molecule has 2 unspecified atom stereocenters. The van der Waals surface area contributed by atoms with Gasteiger partial charge in [-0.2, -0.15) is 11.3 Å². The second-order valence-corrected chi connectivity index (χ2v) is 5.66. The fourth-order valence-corrected chi connectivity index (χ4v) is 2.45. The van der Waals surface area contributed by atoms with Crippen molar-refractivity contribution >= 4 is 23.1 Å². The van der Waals surface area contributed by atoms with Crippen LogP contribution in [0, 0.1) is 5.41 Å². The molecule has 0 spiro atoms. The minimum absolute atomic E-state index is 0.000493. The van der Waals surface area contributed by atoms with E-state index in [0.29, 0.717) is 6.42 Å². The number of carbonyl (C=O) groups excluding carboxylic acids is 1. The van der Waals surface area contributed by atoms with Gasteiger partial charge in [-0.15, -0.1) is 0 Å². The molecule has 0 aliphatic heterocycles. The van der Waals surface area contributed by atoms with Crippen molar-refractivity contribution in [2.24, 2.45) is 16.3 Å². The Morgan fingerprint density at radius 2 is 2.37 bits per heavy atom. The smallest absolute Gasteiger partial charge is 0.233 e. The molecule has 1 aromatic heterocycles. The van der Waals surface area contributed by atoms with Gasteiger partial charge in [0.1, 0.15) is 5.41 Å². The molecule has 19 heavy (non-hydrogen) atoms. The Kier molecular flexibility index (Phi) is 5.35. The molecule has 0 saturated carbocycles. The second kappa shape index (κ2) is 6.56. The quantitative estimate of drug-likeness (QED) is 0.323. The van der Waals surface area contributed by atoms with Crippen molar-refractivity contribution < 1.29 is 10.0 Å². The molecule has 5 nitrogen and oxygen atoms in total. The second-order valence-electron chi connectivity index (χ2n) is 4.88. The summed E-state index contributed by atoms with van der Waals surface area (Å²) in [4.78, 5) is 12.3. The molecule has 2 atom stereocenters. The molecular formula is C13H21N3O2S. The third kappa shape index (κ3) is 3.70. The molecule has 4 N–H and O–H groups in total. The molecule has 0 radical (unpaired) electrons. The molecule has 1 rings (SSSR count). The average molecular weight is 283 g/mol. The summed E-state index contributed by atoms with van der Waals surface area (Å²) in [5.74, 6) is -0.275. The number of carbonyl (C=O) groups is 1. The highest BCUT2D eigenvalue weighted by Gasteiger charge is 2.36. The van der Waals surface area contributed by atoms with Gasteiger partial charge in [-0.25, -0.2) is 0 Å². The Bertz CT molecular complexity index is 445. The zero-order valence-corrected chi connectivity index (χ0v) is 12.3. The Morgan fingerprint density at radius 1 is 1.68 bits per heavy atom. The summed E-state index contributed by atoms with van der Waals surface area (Å²) in [5.41, 5.74) is 5.84. The summed E-state index contributed by atoms with van der Waals surface area (Å²) in [5, 5.41) is 18.7. The van der Waals surface area contributed by atoms with Gasteiger partial charge in [0.15, 0.2) is 5.84 Å². The van der Waals surface area contributed by atoms with Gasteiger partial charge in [0, 0.05) is 6.04 Å². The van der Waals surface area contributed by atoms with Crippen LogP contribution in [-0.2, 0) is 11.2 Å². The lowest BCUT2D eigenvalue weighted by atomic mass is 9.85. The summed E-state index contributed by atoms with van der Waals surface area (Å²) in [6.07, 6.45) is 1.24. The van der Waals surface area contributed by atoms with Crippen molar-refractivity contribution in [1.82, 2.24) is 5.32 Å². The highest BCUT2D eigenvalue weighted by Crippen LogP contribution is 2.22. The van der Waals surface area contributed by atoms with Crippen molar-refractivity contribution in [2.75, 3.05) is 0 Å². The van der Waals surface area contributed by atoms with E-state index in [1.165, 1.54) is 5.56 Å². The number of nitrogens with one attached hydrogen (secondary N) is 1. The van der Waals surface area contributed by atoms with Gasteiger partial charge >= 0.3 is 0 Å². The Hall–Kier alpha value is -1.56. The van der Waals surface area contributed by atoms with E-state index in [1.54, 1.807) is 18.3 Å². The molecule has 0 saturated heterocycles. The van der Waals surface area contributed by atoms with Gasteiger partial charge in [0.05, 0.1) is 0 Å². The van der Waals surface area contributed by atoms with E-state index in [9.17, 15) is 4.79 Å². The molecule has 1 aromatic rings. The zero-order chi connectivity index (χ0) is 14.5. The zero-order valence-electron chi connectivity index (χ0n) is 11.5. The van der Waals surface area contributed by atoms with E-state index >= 15 is 0 Å². The molecule has 0 aliphatic rings. The number of nitrogens with two attached hydrogens (primary N) is 1. The summed E-state index contributed by atoms with van der Waals surface area (Å²) >= 11 is 1.63. The maximum atomic E-state index is 12.3. The summed E-state index contributed by atoms with van der Waals surface area (Å²) in [6, 6.07) is 2.04. The first-order chi connectivity index (χ1) is 8.93. The maximum absolute atomic E-state index is 12.3. The van der Waals surface area contributed by atoms with E-state index in [4.69, 9.17) is 10.9 Å². The van der Waals surface area contributed by atoms with Crippen molar-refractivity contribution in [3.05, 3.63) is 22.4 Å². The first-order valence-corrected chi connectivity index (χ1v) is 7.18. The maximum Gasteiger partial charge on any atom is 0.233 e. The van der Waals surface area contributed by atoms with E-state index in [0.717, 1.165) is 6.42 Å². The van der Waals surface area contributed by atoms with Crippen LogP contribution in [0.15, 0.2) is 22.0 Å². The largest absolute Gasteiger partial charge is 0.409 e. The summed E-state index contributed by atoms with van der Waals surface area (Å²) < 4.78 is 0. The number of hydrogen-bond acceptors (Lipinski definition) is 4. The van der Waals surface area contributed by atoms with Crippen LogP contribution in [0.3, 0.4) is 0 Å². The van der Waals surface area contributed by atoms with Crippen LogP contribution in [0.1, 0.15) is 32.8 Å². The molecule has 0 bridgehead atoms. The van der Waals surface area contributed by atoms with Crippen LogP contribution in [0.5, 0.6) is 0 Å². The molecular weight excluding hydrogens is 262 g/mol. The fourth-order valence-electron chi connectivity index (χ4n) is 1.76. The molecule has 1 heterocycles. The van der Waals surface area contributed by atoms with Crippen LogP contribution in [0.2, 0.25) is 0 Å². The third-order valence-corrected chi connectivity index (χ3v) is 4.11. The Labute approximate surface area is 117 Å². The molecule has 106 valence electrons. The molecule has 1 amide bonds. The third-order valence-electron chi connectivity index (χ3n) is 3.38. The van der Waals surface area contributed by atoms with Gasteiger partial charge in [0.25, 0.3) is 0 Å². The number of amides is 1. The standard InChI is InChI=1S/C13H21N3O2S/c1-4-13(3,11(14)16-18)12(17)15-9(2)7-10-5-6-19-8-10/h5-6,8-9,18H,4,7H2,1-3H3,(H2,14,16)(H,15,17). The van der Waals surface area contributed by atoms with Crippen molar-refractivity contribution in [2.45, 2.75) is 39.7 Å². The van der Waals surface area contributed by atoms with Crippen LogP contribution in [-0.4, -0.2) is 23.0 Å². The molecule has 0 fully saturated rings. The number of rotatable bonds is 6. The number of thiophene rings is 1. The van der Waals surface area contributed by atoms with Crippen LogP contribution in [0.25, 0.3) is 0 Å². The van der Waals surface area contributed by atoms with Crippen LogP contribution in [0.4, 0.5) is 0 Å². The average Bonchev–Trinajstić information content (AvgIpc) is 2.89. The molecule has 0 aromatic carbocycles. The molecule has 6 heteroatoms. The number of oxime groups is 1. The monoisotopic (exact) mass is 283 g/mol. The van der Waals surface area contributed by atoms with Crippen molar-refractivity contribution in [3.8, 4) is 0 Å². The fraction of sp³-hybridized carbons (Fsp3) is 0.538. The highest BCUT2D eigenvalue weighted by molar-refractivity contribution is 7.07. The van der Waals surface area contributed by atoms with Gasteiger partial charge in [-0.3, -0.25) is 4.79 Å². The SMILES string of the molecule is CCC(C)(C(=O)NC(C)Cc1ccsc1)/C(N)=N/O. The minimum Gasteiger partial charge on any atom is -0.409 e. The Balaban J connectivity index is 2.67. The predicted molar refractivity (Wildman–Crippen MR) is 77.4 cm³/mol. The van der Waals surface area contributed by atoms with E-state index in [1.807, 2.05) is 25.3 Å². The minimum atomic E-state index is -0.975. The van der Waals surface area contributed by atoms with E-state index in [-0.39, 0.29) is 17.8 Å². The Morgan fingerprint density at radius 3 is 2.84 bits per heavy atom. The molecule has 0 aliphatic carbocycles. The highest BCUT2D eigenvalue weighted by atomic mass is 32.1. The lowest BCUT2D eigenvalue weighted by Crippen LogP contribution is -2.50. The van der Waals surface area contributed by atoms with Gasteiger partial charge < -0.3 is 16.3 Å². The van der Waals surface area contributed by atoms with Crippen LogP contribution < -0.4 is 11.1 Å². The van der Waals surface area contributed by atoms with Crippen LogP contribution >= 0.6 is 11.3 Å². The van der Waals surface area contributed by atoms with Crippen molar-refractivity contribution in [1.29, 1.82) is 0 Å². The van der Waals surface area contributed by atoms with E-state index in [2.05, 4.69) is 15.9 Å². The summed E-state index contributed by atoms with van der Waals surface area (Å²) in [6.45, 7) is 5.45. The lowest BCUT2D eigenvalue weighted by molar-refractivity contribution is -0.127. The number of hydrogen-bond donors (Lipinski definition) is 3. The van der Waals surface area contributed by atoms with Gasteiger partial charge in [-0.05, 0) is 49.1 Å². The van der Waals surface area contributed by atoms with E-state index < -0.39 is 5.41 Å². The number of amidine groups is 1. The van der Waals surface area contributed by atoms with Gasteiger partial charge in [-0.1, -0.05) is 12.1 Å². The lowest BCUT2D eigenvalue weighted by Gasteiger charge is -2.27.